The molecule has 0 unspecified atom stereocenters. The van der Waals surface area contributed by atoms with E-state index in [2.05, 4.69) is 5.32 Å². The summed E-state index contributed by atoms with van der Waals surface area (Å²) in [6, 6.07) is 17.5. The number of carbonyl (C=O) groups is 2. The smallest absolute Gasteiger partial charge is 0.254 e. The molecule has 2 aromatic rings. The highest BCUT2D eigenvalue weighted by atomic mass is 16.2. The van der Waals surface area contributed by atoms with E-state index in [0.717, 1.165) is 24.0 Å². The predicted molar refractivity (Wildman–Crippen MR) is 97.9 cm³/mol. The van der Waals surface area contributed by atoms with E-state index in [4.69, 9.17) is 0 Å². The molecule has 0 saturated heterocycles. The lowest BCUT2D eigenvalue weighted by atomic mass is 10.1. The quantitative estimate of drug-likeness (QED) is 0.843. The third kappa shape index (κ3) is 4.69. The second-order valence-electron chi connectivity index (χ2n) is 6.49. The SMILES string of the molecule is CCN(Cc1ccccc1)C(=O)c1ccc(CNC(=O)C2CC2)cc1. The molecule has 0 atom stereocenters. The molecule has 2 amide bonds. The maximum absolute atomic E-state index is 12.7. The van der Waals surface area contributed by atoms with Crippen LogP contribution in [0.1, 0.15) is 41.3 Å². The average molecular weight is 336 g/mol. The molecule has 1 aliphatic rings. The third-order valence-corrected chi connectivity index (χ3v) is 4.50. The van der Waals surface area contributed by atoms with Gasteiger partial charge in [0, 0.05) is 31.1 Å². The summed E-state index contributed by atoms with van der Waals surface area (Å²) in [6.07, 6.45) is 2.01. The van der Waals surface area contributed by atoms with Gasteiger partial charge in [-0.2, -0.15) is 0 Å². The maximum Gasteiger partial charge on any atom is 0.254 e. The lowest BCUT2D eigenvalue weighted by molar-refractivity contribution is -0.122. The Morgan fingerprint density at radius 1 is 1.00 bits per heavy atom. The lowest BCUT2D eigenvalue weighted by Crippen LogP contribution is -2.30. The minimum atomic E-state index is 0.0277. The Labute approximate surface area is 148 Å². The molecule has 0 aromatic heterocycles. The Morgan fingerprint density at radius 2 is 1.68 bits per heavy atom. The minimum Gasteiger partial charge on any atom is -0.352 e. The van der Waals surface area contributed by atoms with Crippen molar-refractivity contribution in [2.45, 2.75) is 32.9 Å². The molecule has 4 heteroatoms. The first kappa shape index (κ1) is 17.2. The Hall–Kier alpha value is -2.62. The van der Waals surface area contributed by atoms with Crippen molar-refractivity contribution in [3.63, 3.8) is 0 Å². The fraction of sp³-hybridized carbons (Fsp3) is 0.333. The zero-order chi connectivity index (χ0) is 17.6. The Kier molecular flexibility index (Phi) is 5.49. The van der Waals surface area contributed by atoms with Crippen LogP contribution in [0.3, 0.4) is 0 Å². The molecular weight excluding hydrogens is 312 g/mol. The van der Waals surface area contributed by atoms with E-state index >= 15 is 0 Å². The molecule has 1 N–H and O–H groups in total. The van der Waals surface area contributed by atoms with Crippen LogP contribution in [-0.2, 0) is 17.9 Å². The van der Waals surface area contributed by atoms with Crippen LogP contribution in [0.25, 0.3) is 0 Å². The number of rotatable bonds is 7. The van der Waals surface area contributed by atoms with Gasteiger partial charge in [0.1, 0.15) is 0 Å². The van der Waals surface area contributed by atoms with Crippen LogP contribution in [0.4, 0.5) is 0 Å². The molecule has 25 heavy (non-hydrogen) atoms. The van der Waals surface area contributed by atoms with Gasteiger partial charge in [-0.05, 0) is 43.0 Å². The number of benzene rings is 2. The van der Waals surface area contributed by atoms with E-state index in [1.807, 2.05) is 66.4 Å². The number of nitrogens with zero attached hydrogens (tertiary/aromatic N) is 1. The molecule has 0 heterocycles. The molecular formula is C21H24N2O2. The van der Waals surface area contributed by atoms with Crippen molar-refractivity contribution in [2.75, 3.05) is 6.54 Å². The highest BCUT2D eigenvalue weighted by Crippen LogP contribution is 2.28. The zero-order valence-electron chi connectivity index (χ0n) is 14.6. The predicted octanol–water partition coefficient (Wildman–Crippen LogP) is 3.38. The van der Waals surface area contributed by atoms with Gasteiger partial charge in [-0.1, -0.05) is 42.5 Å². The van der Waals surface area contributed by atoms with Crippen LogP contribution in [0, 0.1) is 5.92 Å². The average Bonchev–Trinajstić information content (AvgIpc) is 3.50. The summed E-state index contributed by atoms with van der Waals surface area (Å²) < 4.78 is 0. The molecule has 2 aromatic carbocycles. The summed E-state index contributed by atoms with van der Waals surface area (Å²) >= 11 is 0. The van der Waals surface area contributed by atoms with Crippen LogP contribution < -0.4 is 5.32 Å². The van der Waals surface area contributed by atoms with Gasteiger partial charge in [0.05, 0.1) is 0 Å². The van der Waals surface area contributed by atoms with E-state index in [1.54, 1.807) is 0 Å². The van der Waals surface area contributed by atoms with E-state index in [0.29, 0.717) is 25.2 Å². The number of carbonyl (C=O) groups excluding carboxylic acids is 2. The summed E-state index contributed by atoms with van der Waals surface area (Å²) in [5.41, 5.74) is 2.81. The first-order chi connectivity index (χ1) is 12.2. The lowest BCUT2D eigenvalue weighted by Gasteiger charge is -2.21. The molecule has 4 nitrogen and oxygen atoms in total. The summed E-state index contributed by atoms with van der Waals surface area (Å²) in [7, 11) is 0. The molecule has 0 spiro atoms. The van der Waals surface area contributed by atoms with Gasteiger partial charge in [0.15, 0.2) is 0 Å². The number of hydrogen-bond acceptors (Lipinski definition) is 2. The van der Waals surface area contributed by atoms with Gasteiger partial charge in [-0.15, -0.1) is 0 Å². The maximum atomic E-state index is 12.7. The number of nitrogens with one attached hydrogen (secondary N) is 1. The molecule has 0 radical (unpaired) electrons. The minimum absolute atomic E-state index is 0.0277. The Bertz CT molecular complexity index is 721. The van der Waals surface area contributed by atoms with E-state index < -0.39 is 0 Å². The van der Waals surface area contributed by atoms with E-state index in [-0.39, 0.29) is 17.7 Å². The van der Waals surface area contributed by atoms with Crippen LogP contribution in [-0.4, -0.2) is 23.3 Å². The molecule has 1 saturated carbocycles. The van der Waals surface area contributed by atoms with Gasteiger partial charge in [-0.3, -0.25) is 9.59 Å². The summed E-state index contributed by atoms with van der Waals surface area (Å²) in [5, 5.41) is 2.94. The molecule has 1 fully saturated rings. The largest absolute Gasteiger partial charge is 0.352 e. The third-order valence-electron chi connectivity index (χ3n) is 4.50. The molecule has 0 bridgehead atoms. The fourth-order valence-corrected chi connectivity index (χ4v) is 2.76. The highest BCUT2D eigenvalue weighted by Gasteiger charge is 2.29. The standard InChI is InChI=1S/C21H24N2O2/c1-2-23(15-17-6-4-3-5-7-17)21(25)19-10-8-16(9-11-19)14-22-20(24)18-12-13-18/h3-11,18H,2,12-15H2,1H3,(H,22,24). The Balaban J connectivity index is 1.59. The monoisotopic (exact) mass is 336 g/mol. The van der Waals surface area contributed by atoms with Crippen molar-refractivity contribution < 1.29 is 9.59 Å². The highest BCUT2D eigenvalue weighted by molar-refractivity contribution is 5.94. The van der Waals surface area contributed by atoms with Gasteiger partial charge < -0.3 is 10.2 Å². The first-order valence-corrected chi connectivity index (χ1v) is 8.87. The molecule has 1 aliphatic carbocycles. The van der Waals surface area contributed by atoms with Gasteiger partial charge >= 0.3 is 0 Å². The van der Waals surface area contributed by atoms with Crippen molar-refractivity contribution in [1.82, 2.24) is 10.2 Å². The topological polar surface area (TPSA) is 49.4 Å². The van der Waals surface area contributed by atoms with Crippen LogP contribution in [0.15, 0.2) is 54.6 Å². The van der Waals surface area contributed by atoms with Crippen molar-refractivity contribution >= 4 is 11.8 Å². The second-order valence-corrected chi connectivity index (χ2v) is 6.49. The van der Waals surface area contributed by atoms with Crippen LogP contribution in [0.5, 0.6) is 0 Å². The van der Waals surface area contributed by atoms with Gasteiger partial charge in [-0.25, -0.2) is 0 Å². The van der Waals surface area contributed by atoms with Crippen LogP contribution in [0.2, 0.25) is 0 Å². The fourth-order valence-electron chi connectivity index (χ4n) is 2.76. The Morgan fingerprint density at radius 3 is 2.28 bits per heavy atom. The second kappa shape index (κ2) is 7.97. The molecule has 130 valence electrons. The van der Waals surface area contributed by atoms with E-state index in [1.165, 1.54) is 0 Å². The summed E-state index contributed by atoms with van der Waals surface area (Å²) in [6.45, 7) is 3.77. The van der Waals surface area contributed by atoms with Gasteiger partial charge in [0.2, 0.25) is 5.91 Å². The van der Waals surface area contributed by atoms with Crippen molar-refractivity contribution in [3.05, 3.63) is 71.3 Å². The first-order valence-electron chi connectivity index (χ1n) is 8.87. The van der Waals surface area contributed by atoms with Gasteiger partial charge in [0.25, 0.3) is 5.91 Å². The van der Waals surface area contributed by atoms with Crippen molar-refractivity contribution in [3.8, 4) is 0 Å². The number of amides is 2. The molecule has 0 aliphatic heterocycles. The normalized spacial score (nSPS) is 13.3. The number of hydrogen-bond donors (Lipinski definition) is 1. The van der Waals surface area contributed by atoms with Crippen molar-refractivity contribution in [1.29, 1.82) is 0 Å². The summed E-state index contributed by atoms with van der Waals surface area (Å²) in [4.78, 5) is 26.2. The zero-order valence-corrected chi connectivity index (χ0v) is 14.6. The van der Waals surface area contributed by atoms with Crippen molar-refractivity contribution in [2.24, 2.45) is 5.92 Å². The molecule has 3 rings (SSSR count). The van der Waals surface area contributed by atoms with Crippen LogP contribution >= 0.6 is 0 Å². The van der Waals surface area contributed by atoms with E-state index in [9.17, 15) is 9.59 Å². The summed E-state index contributed by atoms with van der Waals surface area (Å²) in [5.74, 6) is 0.386.